The highest BCUT2D eigenvalue weighted by molar-refractivity contribution is 5.93. The van der Waals surface area contributed by atoms with Gasteiger partial charge in [0.05, 0.1) is 13.1 Å². The topological polar surface area (TPSA) is 71.5 Å². The molecule has 7 heteroatoms. The fourth-order valence-electron chi connectivity index (χ4n) is 4.24. The molecule has 1 aromatic rings. The summed E-state index contributed by atoms with van der Waals surface area (Å²) >= 11 is 0. The van der Waals surface area contributed by atoms with Gasteiger partial charge in [-0.2, -0.15) is 0 Å². The van der Waals surface area contributed by atoms with E-state index in [1.165, 1.54) is 0 Å². The average molecular weight is 361 g/mol. The van der Waals surface area contributed by atoms with Gasteiger partial charge in [0, 0.05) is 31.1 Å². The summed E-state index contributed by atoms with van der Waals surface area (Å²) < 4.78 is 20.3. The lowest BCUT2D eigenvalue weighted by Gasteiger charge is -2.52. The van der Waals surface area contributed by atoms with Crippen LogP contribution in [-0.2, 0) is 9.53 Å². The molecule has 1 saturated carbocycles. The molecule has 2 aliphatic heterocycles. The van der Waals surface area contributed by atoms with Crippen molar-refractivity contribution in [3.63, 3.8) is 0 Å². The van der Waals surface area contributed by atoms with Crippen molar-refractivity contribution in [2.75, 3.05) is 26.2 Å². The molecule has 1 atom stereocenters. The molecule has 3 aliphatic rings. The van der Waals surface area contributed by atoms with Crippen LogP contribution in [0.5, 0.6) is 0 Å². The Balaban J connectivity index is 1.27. The van der Waals surface area contributed by atoms with Gasteiger partial charge in [0.25, 0.3) is 11.8 Å². The van der Waals surface area contributed by atoms with Crippen molar-refractivity contribution >= 4 is 11.8 Å². The summed E-state index contributed by atoms with van der Waals surface area (Å²) in [6.45, 7) is 2.16. The van der Waals surface area contributed by atoms with E-state index >= 15 is 0 Å². The molecule has 3 heterocycles. The zero-order chi connectivity index (χ0) is 18.2. The highest BCUT2D eigenvalue weighted by Gasteiger charge is 2.58. The maximum atomic E-state index is 14.3. The molecule has 140 valence electrons. The average Bonchev–Trinajstić information content (AvgIpc) is 3.02. The summed E-state index contributed by atoms with van der Waals surface area (Å²) in [5.74, 6) is -0.203. The molecule has 2 saturated heterocycles. The number of nitrogens with one attached hydrogen (secondary N) is 1. The maximum Gasteiger partial charge on any atom is 0.260 e. The molecule has 2 amide bonds. The van der Waals surface area contributed by atoms with Gasteiger partial charge in [-0.15, -0.1) is 0 Å². The van der Waals surface area contributed by atoms with Gasteiger partial charge in [0.15, 0.2) is 5.67 Å². The van der Waals surface area contributed by atoms with Gasteiger partial charge >= 0.3 is 0 Å². The molecule has 1 aliphatic carbocycles. The molecule has 4 rings (SSSR count). The third-order valence-corrected chi connectivity index (χ3v) is 6.05. The van der Waals surface area contributed by atoms with Crippen molar-refractivity contribution in [2.24, 2.45) is 5.92 Å². The number of ether oxygens (including phenoxy) is 1. The minimum Gasteiger partial charge on any atom is -0.371 e. The van der Waals surface area contributed by atoms with E-state index in [1.54, 1.807) is 29.4 Å². The van der Waals surface area contributed by atoms with E-state index in [0.29, 0.717) is 44.6 Å². The van der Waals surface area contributed by atoms with Crippen molar-refractivity contribution in [2.45, 2.75) is 43.4 Å². The highest BCUT2D eigenvalue weighted by Crippen LogP contribution is 2.45. The second-order valence-electron chi connectivity index (χ2n) is 7.66. The molecule has 0 radical (unpaired) electrons. The summed E-state index contributed by atoms with van der Waals surface area (Å²) in [4.78, 5) is 29.9. The number of pyridine rings is 1. The van der Waals surface area contributed by atoms with Gasteiger partial charge < -0.3 is 15.0 Å². The van der Waals surface area contributed by atoms with Crippen LogP contribution in [0.15, 0.2) is 24.5 Å². The number of carbonyl (C=O) groups excluding carboxylic acids is 2. The van der Waals surface area contributed by atoms with E-state index in [2.05, 4.69) is 10.3 Å². The number of likely N-dealkylation sites (tertiary alicyclic amines) is 1. The summed E-state index contributed by atoms with van der Waals surface area (Å²) in [6.07, 6.45) is 6.37. The molecular formula is C19H24FN3O3. The number of aromatic nitrogens is 1. The SMILES string of the molecule is O=C(NCC[C@H]1CCOC12CN(C(=O)C1(F)CCC1)C2)c1ccncc1. The zero-order valence-electron chi connectivity index (χ0n) is 14.7. The van der Waals surface area contributed by atoms with Gasteiger partial charge in [-0.05, 0) is 50.2 Å². The monoisotopic (exact) mass is 361 g/mol. The number of halogens is 1. The lowest BCUT2D eigenvalue weighted by molar-refractivity contribution is -0.180. The maximum absolute atomic E-state index is 14.3. The third-order valence-electron chi connectivity index (χ3n) is 6.05. The predicted molar refractivity (Wildman–Crippen MR) is 92.2 cm³/mol. The molecule has 6 nitrogen and oxygen atoms in total. The number of rotatable bonds is 5. The Bertz CT molecular complexity index is 687. The van der Waals surface area contributed by atoms with Crippen molar-refractivity contribution in [3.05, 3.63) is 30.1 Å². The Morgan fingerprint density at radius 2 is 2.04 bits per heavy atom. The highest BCUT2D eigenvalue weighted by atomic mass is 19.1. The first kappa shape index (κ1) is 17.4. The second kappa shape index (κ2) is 6.61. The minimum absolute atomic E-state index is 0.116. The van der Waals surface area contributed by atoms with E-state index < -0.39 is 5.67 Å². The van der Waals surface area contributed by atoms with E-state index in [1.807, 2.05) is 0 Å². The molecule has 26 heavy (non-hydrogen) atoms. The summed E-state index contributed by atoms with van der Waals surface area (Å²) in [6, 6.07) is 3.36. The Labute approximate surface area is 152 Å². The molecule has 0 aromatic carbocycles. The van der Waals surface area contributed by atoms with Crippen LogP contribution in [0.3, 0.4) is 0 Å². The fraction of sp³-hybridized carbons (Fsp3) is 0.632. The van der Waals surface area contributed by atoms with E-state index in [0.717, 1.165) is 19.3 Å². The Kier molecular flexibility index (Phi) is 4.42. The third kappa shape index (κ3) is 2.98. The zero-order valence-corrected chi connectivity index (χ0v) is 14.7. The van der Waals surface area contributed by atoms with Crippen molar-refractivity contribution in [3.8, 4) is 0 Å². The Morgan fingerprint density at radius 3 is 2.69 bits per heavy atom. The van der Waals surface area contributed by atoms with Crippen LogP contribution in [0.1, 0.15) is 42.5 Å². The normalized spacial score (nSPS) is 25.4. The minimum atomic E-state index is -1.63. The number of nitrogens with zero attached hydrogens (tertiary/aromatic N) is 2. The van der Waals surface area contributed by atoms with Gasteiger partial charge in [0.1, 0.15) is 5.60 Å². The number of alkyl halides is 1. The largest absolute Gasteiger partial charge is 0.371 e. The first-order valence-electron chi connectivity index (χ1n) is 9.33. The first-order valence-corrected chi connectivity index (χ1v) is 9.33. The molecular weight excluding hydrogens is 337 g/mol. The molecule has 3 fully saturated rings. The van der Waals surface area contributed by atoms with Crippen LogP contribution in [0.25, 0.3) is 0 Å². The fourth-order valence-corrected chi connectivity index (χ4v) is 4.24. The molecule has 1 aromatic heterocycles. The van der Waals surface area contributed by atoms with Crippen molar-refractivity contribution < 1.29 is 18.7 Å². The Morgan fingerprint density at radius 1 is 1.31 bits per heavy atom. The lowest BCUT2D eigenvalue weighted by Crippen LogP contribution is -2.69. The van der Waals surface area contributed by atoms with Crippen LogP contribution >= 0.6 is 0 Å². The van der Waals surface area contributed by atoms with E-state index in [-0.39, 0.29) is 23.3 Å². The summed E-state index contributed by atoms with van der Waals surface area (Å²) in [5.41, 5.74) is -1.39. The summed E-state index contributed by atoms with van der Waals surface area (Å²) in [7, 11) is 0. The van der Waals surface area contributed by atoms with Crippen LogP contribution in [0.2, 0.25) is 0 Å². The van der Waals surface area contributed by atoms with Crippen LogP contribution in [0.4, 0.5) is 4.39 Å². The van der Waals surface area contributed by atoms with Gasteiger partial charge in [-0.1, -0.05) is 0 Å². The van der Waals surface area contributed by atoms with E-state index in [4.69, 9.17) is 4.74 Å². The first-order chi connectivity index (χ1) is 12.5. The standard InChI is InChI=1S/C19H24FN3O3/c20-18(6-1-7-18)17(25)23-12-19(13-23)15(5-11-26-19)4-10-22-16(24)14-2-8-21-9-3-14/h2-3,8-9,15H,1,4-7,10-13H2,(H,22,24)/t15-/m0/s1. The van der Waals surface area contributed by atoms with Gasteiger partial charge in [0.2, 0.25) is 0 Å². The number of carbonyl (C=O) groups is 2. The molecule has 0 bridgehead atoms. The molecule has 1 N–H and O–H groups in total. The van der Waals surface area contributed by atoms with Crippen molar-refractivity contribution in [1.29, 1.82) is 0 Å². The second-order valence-corrected chi connectivity index (χ2v) is 7.66. The quantitative estimate of drug-likeness (QED) is 0.867. The van der Waals surface area contributed by atoms with Crippen LogP contribution in [-0.4, -0.2) is 59.2 Å². The molecule has 0 unspecified atom stereocenters. The molecule has 1 spiro atoms. The van der Waals surface area contributed by atoms with E-state index in [9.17, 15) is 14.0 Å². The Hall–Kier alpha value is -2.02. The van der Waals surface area contributed by atoms with Gasteiger partial charge in [-0.25, -0.2) is 4.39 Å². The van der Waals surface area contributed by atoms with Gasteiger partial charge in [-0.3, -0.25) is 14.6 Å². The smallest absolute Gasteiger partial charge is 0.260 e. The van der Waals surface area contributed by atoms with Crippen molar-refractivity contribution in [1.82, 2.24) is 15.2 Å². The predicted octanol–water partition coefficient (Wildman–Crippen LogP) is 1.71. The van der Waals surface area contributed by atoms with Crippen LogP contribution in [0, 0.1) is 5.92 Å². The lowest BCUT2D eigenvalue weighted by atomic mass is 9.75. The number of hydrogen-bond donors (Lipinski definition) is 1. The van der Waals surface area contributed by atoms with Crippen LogP contribution < -0.4 is 5.32 Å². The summed E-state index contributed by atoms with van der Waals surface area (Å²) in [5, 5.41) is 2.93. The number of hydrogen-bond acceptors (Lipinski definition) is 4. The number of amides is 2.